The first kappa shape index (κ1) is 22.9. The molecular formula is C30H23N3O3. The fourth-order valence-corrected chi connectivity index (χ4v) is 4.36. The van der Waals surface area contributed by atoms with Gasteiger partial charge in [-0.1, -0.05) is 78.9 Å². The summed E-state index contributed by atoms with van der Waals surface area (Å²) in [5, 5.41) is 13.4. The molecule has 0 fully saturated rings. The molecule has 2 aromatic heterocycles. The van der Waals surface area contributed by atoms with Gasteiger partial charge >= 0.3 is 5.97 Å². The van der Waals surface area contributed by atoms with Crippen LogP contribution >= 0.6 is 0 Å². The Hall–Kier alpha value is -4.84. The maximum Gasteiger partial charge on any atom is 0.330 e. The minimum atomic E-state index is -1.19. The summed E-state index contributed by atoms with van der Waals surface area (Å²) in [4.78, 5) is 35.1. The molecule has 0 bridgehead atoms. The number of rotatable bonds is 7. The predicted molar refractivity (Wildman–Crippen MR) is 139 cm³/mol. The summed E-state index contributed by atoms with van der Waals surface area (Å²) in [5.74, 6) is -1.60. The molecule has 5 rings (SSSR count). The van der Waals surface area contributed by atoms with E-state index in [4.69, 9.17) is 4.98 Å². The van der Waals surface area contributed by atoms with Gasteiger partial charge in [0.2, 0.25) is 0 Å². The summed E-state index contributed by atoms with van der Waals surface area (Å²) in [5.41, 5.74) is 4.81. The van der Waals surface area contributed by atoms with Gasteiger partial charge < -0.3 is 10.4 Å². The van der Waals surface area contributed by atoms with Crippen molar-refractivity contribution in [1.29, 1.82) is 0 Å². The van der Waals surface area contributed by atoms with Crippen molar-refractivity contribution in [2.75, 3.05) is 0 Å². The van der Waals surface area contributed by atoms with E-state index >= 15 is 0 Å². The van der Waals surface area contributed by atoms with Gasteiger partial charge in [0, 0.05) is 29.8 Å². The zero-order chi connectivity index (χ0) is 24.9. The SMILES string of the molecule is O=C(NC(C(=O)O)c1ccccc1)c1c(Cc2ccncc2)c(-c2ccccc2)nc2ccccc12. The number of carboxylic acids is 1. The summed E-state index contributed by atoms with van der Waals surface area (Å²) in [7, 11) is 0. The number of benzene rings is 3. The van der Waals surface area contributed by atoms with Gasteiger partial charge in [-0.05, 0) is 34.9 Å². The molecule has 0 aliphatic rings. The molecule has 6 nitrogen and oxygen atoms in total. The third-order valence-electron chi connectivity index (χ3n) is 6.05. The lowest BCUT2D eigenvalue weighted by Gasteiger charge is -2.20. The van der Waals surface area contributed by atoms with Gasteiger partial charge in [0.1, 0.15) is 0 Å². The lowest BCUT2D eigenvalue weighted by atomic mass is 9.91. The van der Waals surface area contributed by atoms with Crippen molar-refractivity contribution in [2.24, 2.45) is 0 Å². The van der Waals surface area contributed by atoms with Gasteiger partial charge in [0.05, 0.1) is 16.8 Å². The number of nitrogens with zero attached hydrogens (tertiary/aromatic N) is 2. The molecule has 1 atom stereocenters. The van der Waals surface area contributed by atoms with Crippen LogP contribution in [-0.4, -0.2) is 27.0 Å². The standard InChI is InChI=1S/C30H23N3O3/c34-29(33-28(30(35)36)22-11-5-2-6-12-22)26-23-13-7-8-14-25(23)32-27(21-9-3-1-4-10-21)24(26)19-20-15-17-31-18-16-20/h1-18,28H,19H2,(H,33,34)(H,35,36). The molecule has 5 aromatic rings. The topological polar surface area (TPSA) is 92.2 Å². The summed E-state index contributed by atoms with van der Waals surface area (Å²) in [6, 6.07) is 28.4. The number of carbonyl (C=O) groups is 2. The summed E-state index contributed by atoms with van der Waals surface area (Å²) in [6.07, 6.45) is 3.85. The van der Waals surface area contributed by atoms with Crippen LogP contribution in [0, 0.1) is 0 Å². The molecule has 36 heavy (non-hydrogen) atoms. The Bertz CT molecular complexity index is 1520. The van der Waals surface area contributed by atoms with Gasteiger partial charge in [-0.25, -0.2) is 9.78 Å². The molecular weight excluding hydrogens is 450 g/mol. The normalized spacial score (nSPS) is 11.7. The lowest BCUT2D eigenvalue weighted by Crippen LogP contribution is -2.34. The van der Waals surface area contributed by atoms with E-state index in [-0.39, 0.29) is 0 Å². The van der Waals surface area contributed by atoms with Crippen LogP contribution in [0.25, 0.3) is 22.2 Å². The zero-order valence-electron chi connectivity index (χ0n) is 19.3. The van der Waals surface area contributed by atoms with E-state index < -0.39 is 17.9 Å². The first-order valence-electron chi connectivity index (χ1n) is 11.6. The van der Waals surface area contributed by atoms with E-state index in [0.29, 0.717) is 34.1 Å². The minimum absolute atomic E-state index is 0.415. The van der Waals surface area contributed by atoms with Gasteiger partial charge in [0.15, 0.2) is 6.04 Å². The number of amides is 1. The molecule has 6 heteroatoms. The first-order chi connectivity index (χ1) is 17.6. The molecule has 2 N–H and O–H groups in total. The highest BCUT2D eigenvalue weighted by Gasteiger charge is 2.27. The Morgan fingerprint density at radius 3 is 2.14 bits per heavy atom. The van der Waals surface area contributed by atoms with Crippen molar-refractivity contribution in [1.82, 2.24) is 15.3 Å². The molecule has 1 unspecified atom stereocenters. The maximum absolute atomic E-state index is 13.9. The Morgan fingerprint density at radius 1 is 0.806 bits per heavy atom. The highest BCUT2D eigenvalue weighted by Crippen LogP contribution is 2.32. The smallest absolute Gasteiger partial charge is 0.330 e. The number of carboxylic acid groups (broad SMARTS) is 1. The summed E-state index contributed by atoms with van der Waals surface area (Å²) in [6.45, 7) is 0. The lowest BCUT2D eigenvalue weighted by molar-refractivity contribution is -0.139. The third kappa shape index (κ3) is 4.70. The van der Waals surface area contributed by atoms with Crippen LogP contribution in [0.1, 0.15) is 33.1 Å². The van der Waals surface area contributed by atoms with Crippen molar-refractivity contribution in [2.45, 2.75) is 12.5 Å². The van der Waals surface area contributed by atoms with Crippen LogP contribution < -0.4 is 5.32 Å². The van der Waals surface area contributed by atoms with E-state index in [1.54, 1.807) is 42.7 Å². The number of pyridine rings is 2. The second kappa shape index (κ2) is 10.2. The number of hydrogen-bond donors (Lipinski definition) is 2. The molecule has 0 aliphatic heterocycles. The van der Waals surface area contributed by atoms with Crippen molar-refractivity contribution in [3.8, 4) is 11.3 Å². The zero-order valence-corrected chi connectivity index (χ0v) is 19.3. The van der Waals surface area contributed by atoms with Crippen molar-refractivity contribution in [3.63, 3.8) is 0 Å². The van der Waals surface area contributed by atoms with Crippen LogP contribution in [0.2, 0.25) is 0 Å². The first-order valence-corrected chi connectivity index (χ1v) is 11.6. The Labute approximate surface area is 208 Å². The molecule has 1 amide bonds. The number of aliphatic carboxylic acids is 1. The largest absolute Gasteiger partial charge is 0.479 e. The Kier molecular flexibility index (Phi) is 6.49. The highest BCUT2D eigenvalue weighted by atomic mass is 16.4. The van der Waals surface area contributed by atoms with Crippen LogP contribution in [0.3, 0.4) is 0 Å². The van der Waals surface area contributed by atoms with E-state index in [1.807, 2.05) is 66.7 Å². The predicted octanol–water partition coefficient (Wildman–Crippen LogP) is 5.44. The molecule has 0 spiro atoms. The van der Waals surface area contributed by atoms with Gasteiger partial charge in [-0.3, -0.25) is 9.78 Å². The minimum Gasteiger partial charge on any atom is -0.479 e. The third-order valence-corrected chi connectivity index (χ3v) is 6.05. The quantitative estimate of drug-likeness (QED) is 0.328. The number of para-hydroxylation sites is 1. The van der Waals surface area contributed by atoms with Gasteiger partial charge in [-0.2, -0.15) is 0 Å². The maximum atomic E-state index is 13.9. The van der Waals surface area contributed by atoms with Crippen molar-refractivity contribution < 1.29 is 14.7 Å². The van der Waals surface area contributed by atoms with E-state index in [9.17, 15) is 14.7 Å². The molecule has 3 aromatic carbocycles. The van der Waals surface area contributed by atoms with Crippen LogP contribution in [0.5, 0.6) is 0 Å². The Morgan fingerprint density at radius 2 is 1.44 bits per heavy atom. The fourth-order valence-electron chi connectivity index (χ4n) is 4.36. The molecule has 176 valence electrons. The highest BCUT2D eigenvalue weighted by molar-refractivity contribution is 6.10. The fraction of sp³-hybridized carbons (Fsp3) is 0.0667. The number of aromatic nitrogens is 2. The van der Waals surface area contributed by atoms with Crippen molar-refractivity contribution in [3.05, 3.63) is 132 Å². The van der Waals surface area contributed by atoms with E-state index in [2.05, 4.69) is 10.3 Å². The average Bonchev–Trinajstić information content (AvgIpc) is 2.92. The van der Waals surface area contributed by atoms with Crippen LogP contribution in [0.15, 0.2) is 109 Å². The average molecular weight is 474 g/mol. The molecule has 2 heterocycles. The van der Waals surface area contributed by atoms with E-state index in [0.717, 1.165) is 16.7 Å². The number of hydrogen-bond acceptors (Lipinski definition) is 4. The number of fused-ring (bicyclic) bond motifs is 1. The second-order valence-corrected chi connectivity index (χ2v) is 8.38. The number of nitrogens with one attached hydrogen (secondary N) is 1. The molecule has 0 aliphatic carbocycles. The second-order valence-electron chi connectivity index (χ2n) is 8.38. The van der Waals surface area contributed by atoms with Gasteiger partial charge in [0.25, 0.3) is 5.91 Å². The van der Waals surface area contributed by atoms with Crippen LogP contribution in [-0.2, 0) is 11.2 Å². The number of carbonyl (C=O) groups excluding carboxylic acids is 1. The van der Waals surface area contributed by atoms with Gasteiger partial charge in [-0.15, -0.1) is 0 Å². The van der Waals surface area contributed by atoms with E-state index in [1.165, 1.54) is 0 Å². The van der Waals surface area contributed by atoms with Crippen LogP contribution in [0.4, 0.5) is 0 Å². The monoisotopic (exact) mass is 473 g/mol. The molecule has 0 radical (unpaired) electrons. The Balaban J connectivity index is 1.71. The summed E-state index contributed by atoms with van der Waals surface area (Å²) >= 11 is 0. The molecule has 0 saturated carbocycles. The van der Waals surface area contributed by atoms with Crippen molar-refractivity contribution >= 4 is 22.8 Å². The molecule has 0 saturated heterocycles. The summed E-state index contributed by atoms with van der Waals surface area (Å²) < 4.78 is 0.